The van der Waals surface area contributed by atoms with Crippen LogP contribution in [0, 0.1) is 0 Å². The number of benzene rings is 2. The lowest BCUT2D eigenvalue weighted by molar-refractivity contribution is -0.137. The van der Waals surface area contributed by atoms with E-state index >= 15 is 0 Å². The summed E-state index contributed by atoms with van der Waals surface area (Å²) < 4.78 is 46.7. The van der Waals surface area contributed by atoms with Crippen LogP contribution in [0.5, 0.6) is 5.75 Å². The quantitative estimate of drug-likeness (QED) is 0.528. The average Bonchev–Trinajstić information content (AvgIpc) is 3.21. The van der Waals surface area contributed by atoms with Crippen molar-refractivity contribution in [2.75, 3.05) is 0 Å². The predicted molar refractivity (Wildman–Crippen MR) is 89.9 cm³/mol. The van der Waals surface area contributed by atoms with Crippen molar-refractivity contribution in [3.63, 3.8) is 0 Å². The molecule has 0 N–H and O–H groups in total. The lowest BCUT2D eigenvalue weighted by Crippen LogP contribution is -2.07. The highest BCUT2D eigenvalue weighted by atomic mass is 32.1. The second-order valence-electron chi connectivity index (χ2n) is 5.36. The fourth-order valence-electron chi connectivity index (χ4n) is 2.44. The molecule has 132 valence electrons. The Morgan fingerprint density at radius 3 is 2.46 bits per heavy atom. The molecule has 0 saturated heterocycles. The molecule has 2 aromatic carbocycles. The van der Waals surface area contributed by atoms with Gasteiger partial charge < -0.3 is 4.74 Å². The molecular formula is C17H11F3N4OS. The van der Waals surface area contributed by atoms with E-state index in [2.05, 4.69) is 15.3 Å². The van der Waals surface area contributed by atoms with Crippen molar-refractivity contribution in [3.05, 3.63) is 66.0 Å². The second-order valence-corrected chi connectivity index (χ2v) is 6.32. The molecule has 0 fully saturated rings. The molecule has 0 aliphatic carbocycles. The molecule has 0 aliphatic heterocycles. The van der Waals surface area contributed by atoms with Crippen LogP contribution in [0.3, 0.4) is 0 Å². The summed E-state index contributed by atoms with van der Waals surface area (Å²) in [6, 6.07) is 14.5. The Morgan fingerprint density at radius 2 is 1.69 bits per heavy atom. The summed E-state index contributed by atoms with van der Waals surface area (Å²) in [7, 11) is 0. The summed E-state index contributed by atoms with van der Waals surface area (Å²) in [6.45, 7) is 0.106. The van der Waals surface area contributed by atoms with Crippen LogP contribution >= 0.6 is 11.3 Å². The number of hydrogen-bond donors (Lipinski definition) is 0. The first kappa shape index (κ1) is 16.5. The third kappa shape index (κ3) is 3.13. The van der Waals surface area contributed by atoms with E-state index < -0.39 is 11.7 Å². The van der Waals surface area contributed by atoms with E-state index in [0.29, 0.717) is 16.5 Å². The Hall–Kier alpha value is -2.94. The molecule has 26 heavy (non-hydrogen) atoms. The summed E-state index contributed by atoms with van der Waals surface area (Å²) in [5, 5.41) is 12.5. The molecular weight excluding hydrogens is 365 g/mol. The van der Waals surface area contributed by atoms with Crippen molar-refractivity contribution in [2.24, 2.45) is 0 Å². The summed E-state index contributed by atoms with van der Waals surface area (Å²) in [4.78, 5) is 0.406. The molecule has 0 radical (unpaired) electrons. The molecule has 0 unspecified atom stereocenters. The number of alkyl halides is 3. The Bertz CT molecular complexity index is 1040. The maximum atomic E-state index is 13.2. The van der Waals surface area contributed by atoms with E-state index in [4.69, 9.17) is 4.74 Å². The van der Waals surface area contributed by atoms with Gasteiger partial charge in [0, 0.05) is 5.56 Å². The maximum absolute atomic E-state index is 13.2. The van der Waals surface area contributed by atoms with Crippen LogP contribution in [0.25, 0.3) is 15.5 Å². The average molecular weight is 376 g/mol. The number of halogens is 3. The van der Waals surface area contributed by atoms with Crippen LogP contribution in [-0.2, 0) is 12.8 Å². The minimum Gasteiger partial charge on any atom is -0.486 e. The fraction of sp³-hybridized carbons (Fsp3) is 0.118. The second kappa shape index (κ2) is 6.41. The highest BCUT2D eigenvalue weighted by molar-refractivity contribution is 7.19. The summed E-state index contributed by atoms with van der Waals surface area (Å²) in [5.41, 5.74) is -0.711. The molecule has 0 amide bonds. The molecule has 4 aromatic rings. The highest BCUT2D eigenvalue weighted by Gasteiger charge is 2.34. The number of fused-ring (bicyclic) bond motifs is 1. The zero-order valence-electron chi connectivity index (χ0n) is 13.1. The molecule has 2 aromatic heterocycles. The first-order chi connectivity index (χ1) is 12.5. The van der Waals surface area contributed by atoms with Gasteiger partial charge in [-0.3, -0.25) is 0 Å². The predicted octanol–water partition coefficient (Wildman–Crippen LogP) is 4.45. The molecule has 4 rings (SSSR count). The summed E-state index contributed by atoms with van der Waals surface area (Å²) in [5.74, 6) is 1.07. The maximum Gasteiger partial charge on any atom is 0.417 e. The third-order valence-corrected chi connectivity index (χ3v) is 4.56. The summed E-state index contributed by atoms with van der Waals surface area (Å²) >= 11 is 1.05. The number of nitrogens with zero attached hydrogens (tertiary/aromatic N) is 4. The number of ether oxygens (including phenoxy) is 1. The highest BCUT2D eigenvalue weighted by Crippen LogP contribution is 2.38. The van der Waals surface area contributed by atoms with E-state index in [1.54, 1.807) is 18.2 Å². The van der Waals surface area contributed by atoms with Gasteiger partial charge >= 0.3 is 6.18 Å². The van der Waals surface area contributed by atoms with E-state index in [9.17, 15) is 13.2 Å². The monoisotopic (exact) mass is 376 g/mol. The van der Waals surface area contributed by atoms with E-state index in [-0.39, 0.29) is 17.2 Å². The van der Waals surface area contributed by atoms with Crippen LogP contribution in [0.2, 0.25) is 0 Å². The van der Waals surface area contributed by atoms with Crippen LogP contribution in [-0.4, -0.2) is 19.8 Å². The topological polar surface area (TPSA) is 52.3 Å². The van der Waals surface area contributed by atoms with Crippen LogP contribution in [0.4, 0.5) is 13.2 Å². The third-order valence-electron chi connectivity index (χ3n) is 3.63. The molecule has 0 bridgehead atoms. The molecule has 0 saturated carbocycles. The number of hydrogen-bond acceptors (Lipinski definition) is 5. The van der Waals surface area contributed by atoms with Gasteiger partial charge in [0.1, 0.15) is 17.4 Å². The van der Waals surface area contributed by atoms with Crippen molar-refractivity contribution in [2.45, 2.75) is 12.8 Å². The minimum absolute atomic E-state index is 0.0189. The van der Waals surface area contributed by atoms with Crippen LogP contribution in [0.1, 0.15) is 11.4 Å². The van der Waals surface area contributed by atoms with Gasteiger partial charge in [-0.25, -0.2) is 0 Å². The molecule has 0 spiro atoms. The Kier molecular flexibility index (Phi) is 4.08. The van der Waals surface area contributed by atoms with Crippen molar-refractivity contribution < 1.29 is 17.9 Å². The smallest absolute Gasteiger partial charge is 0.417 e. The summed E-state index contributed by atoms with van der Waals surface area (Å²) in [6.07, 6.45) is -4.46. The van der Waals surface area contributed by atoms with E-state index in [1.165, 1.54) is 16.6 Å². The van der Waals surface area contributed by atoms with Gasteiger partial charge in [-0.15, -0.1) is 10.2 Å². The zero-order chi connectivity index (χ0) is 18.1. The van der Waals surface area contributed by atoms with Gasteiger partial charge in [0.05, 0.1) is 5.56 Å². The van der Waals surface area contributed by atoms with E-state index in [1.807, 2.05) is 18.2 Å². The molecule has 9 heteroatoms. The SMILES string of the molecule is FC(F)(F)c1ccccc1-c1nn2c(COc3ccccc3)nnc2s1. The van der Waals surface area contributed by atoms with Gasteiger partial charge in [-0.1, -0.05) is 47.7 Å². The van der Waals surface area contributed by atoms with Gasteiger partial charge in [-0.05, 0) is 18.2 Å². The number of para-hydroxylation sites is 1. The number of aromatic nitrogens is 4. The van der Waals surface area contributed by atoms with Crippen molar-refractivity contribution >= 4 is 16.3 Å². The van der Waals surface area contributed by atoms with Crippen molar-refractivity contribution in [1.82, 2.24) is 19.8 Å². The lowest BCUT2D eigenvalue weighted by Gasteiger charge is -2.10. The van der Waals surface area contributed by atoms with Gasteiger partial charge in [0.2, 0.25) is 4.96 Å². The minimum atomic E-state index is -4.46. The fourth-order valence-corrected chi connectivity index (χ4v) is 3.34. The normalized spacial score (nSPS) is 11.8. The first-order valence-electron chi connectivity index (χ1n) is 7.58. The van der Waals surface area contributed by atoms with Crippen molar-refractivity contribution in [3.8, 4) is 16.3 Å². The lowest BCUT2D eigenvalue weighted by atomic mass is 10.1. The van der Waals surface area contributed by atoms with Gasteiger partial charge in [-0.2, -0.15) is 22.8 Å². The molecule has 0 atom stereocenters. The van der Waals surface area contributed by atoms with Gasteiger partial charge in [0.25, 0.3) is 0 Å². The Morgan fingerprint density at radius 1 is 0.962 bits per heavy atom. The largest absolute Gasteiger partial charge is 0.486 e. The van der Waals surface area contributed by atoms with Crippen molar-refractivity contribution in [1.29, 1.82) is 0 Å². The van der Waals surface area contributed by atoms with Gasteiger partial charge in [0.15, 0.2) is 5.82 Å². The molecule has 5 nitrogen and oxygen atoms in total. The van der Waals surface area contributed by atoms with E-state index in [0.717, 1.165) is 17.4 Å². The van der Waals surface area contributed by atoms with Crippen LogP contribution < -0.4 is 4.74 Å². The van der Waals surface area contributed by atoms with Crippen LogP contribution in [0.15, 0.2) is 54.6 Å². The zero-order valence-corrected chi connectivity index (χ0v) is 14.0. The Balaban J connectivity index is 1.67. The standard InChI is InChI=1S/C17H11F3N4OS/c18-17(19,20)13-9-5-4-8-12(13)15-23-24-14(21-22-16(24)26-15)10-25-11-6-2-1-3-7-11/h1-9H,10H2. The molecule has 0 aliphatic rings. The molecule has 2 heterocycles. The number of rotatable bonds is 4. The Labute approximate surface area is 149 Å². The first-order valence-corrected chi connectivity index (χ1v) is 8.39.